The molecule has 0 aliphatic carbocycles. The third-order valence-electron chi connectivity index (χ3n) is 3.14. The molecule has 0 radical (unpaired) electrons. The molecule has 0 aromatic rings. The molecule has 1 N–H and O–H groups in total. The molecule has 88 valence electrons. The number of ether oxygens (including phenoxy) is 1. The van der Waals surface area contributed by atoms with Gasteiger partial charge in [0.15, 0.2) is 0 Å². The number of methoxy groups -OCH3 is 1. The number of amides is 1. The van der Waals surface area contributed by atoms with Crippen molar-refractivity contribution >= 4 is 5.91 Å². The van der Waals surface area contributed by atoms with E-state index < -0.39 is 5.54 Å². The second-order valence-electron chi connectivity index (χ2n) is 4.74. The molecule has 0 aromatic carbocycles. The average molecular weight is 214 g/mol. The van der Waals surface area contributed by atoms with Crippen LogP contribution in [0, 0.1) is 5.92 Å². The second-order valence-corrected chi connectivity index (χ2v) is 4.74. The van der Waals surface area contributed by atoms with Crippen LogP contribution in [0.3, 0.4) is 0 Å². The van der Waals surface area contributed by atoms with Crippen molar-refractivity contribution in [3.63, 3.8) is 0 Å². The molecule has 0 saturated carbocycles. The minimum atomic E-state index is -0.456. The lowest BCUT2D eigenvalue weighted by Gasteiger charge is -2.28. The fourth-order valence-electron chi connectivity index (χ4n) is 1.89. The van der Waals surface area contributed by atoms with Gasteiger partial charge in [-0.15, -0.1) is 0 Å². The highest BCUT2D eigenvalue weighted by Gasteiger charge is 2.34. The van der Waals surface area contributed by atoms with E-state index in [9.17, 15) is 4.79 Å². The summed E-state index contributed by atoms with van der Waals surface area (Å²) >= 11 is 0. The largest absolute Gasteiger partial charge is 0.384 e. The van der Waals surface area contributed by atoms with Crippen molar-refractivity contribution in [1.82, 2.24) is 10.2 Å². The first-order chi connectivity index (χ1) is 7.01. The summed E-state index contributed by atoms with van der Waals surface area (Å²) in [5.74, 6) is 0.690. The number of hydrogen-bond acceptors (Lipinski definition) is 3. The summed E-state index contributed by atoms with van der Waals surface area (Å²) in [6, 6.07) is 0. The summed E-state index contributed by atoms with van der Waals surface area (Å²) in [5.41, 5.74) is -0.456. The number of nitrogens with one attached hydrogen (secondary N) is 1. The Balaban J connectivity index is 2.50. The summed E-state index contributed by atoms with van der Waals surface area (Å²) in [6.45, 7) is 6.28. The highest BCUT2D eigenvalue weighted by molar-refractivity contribution is 5.85. The van der Waals surface area contributed by atoms with Crippen LogP contribution in [0.5, 0.6) is 0 Å². The van der Waals surface area contributed by atoms with Crippen molar-refractivity contribution in [3.8, 4) is 0 Å². The average Bonchev–Trinajstić information content (AvgIpc) is 2.66. The Morgan fingerprint density at radius 2 is 2.27 bits per heavy atom. The molecule has 1 saturated heterocycles. The predicted molar refractivity (Wildman–Crippen MR) is 59.7 cm³/mol. The molecule has 0 spiro atoms. The Morgan fingerprint density at radius 3 is 2.80 bits per heavy atom. The summed E-state index contributed by atoms with van der Waals surface area (Å²) in [7, 11) is 3.53. The Hall–Kier alpha value is -0.610. The SMILES string of the molecule is CNC(C)(C)C(=O)N1CCC(COC)C1. The van der Waals surface area contributed by atoms with Crippen molar-refractivity contribution in [2.75, 3.05) is 33.9 Å². The fourth-order valence-corrected chi connectivity index (χ4v) is 1.89. The normalized spacial score (nSPS) is 22.1. The number of hydrogen-bond donors (Lipinski definition) is 1. The van der Waals surface area contributed by atoms with Gasteiger partial charge < -0.3 is 15.0 Å². The van der Waals surface area contributed by atoms with Gasteiger partial charge in [0.2, 0.25) is 5.91 Å². The van der Waals surface area contributed by atoms with Crippen molar-refractivity contribution < 1.29 is 9.53 Å². The van der Waals surface area contributed by atoms with Gasteiger partial charge >= 0.3 is 0 Å². The van der Waals surface area contributed by atoms with E-state index in [-0.39, 0.29) is 5.91 Å². The zero-order valence-corrected chi connectivity index (χ0v) is 10.2. The highest BCUT2D eigenvalue weighted by atomic mass is 16.5. The van der Waals surface area contributed by atoms with Crippen LogP contribution in [0.2, 0.25) is 0 Å². The van der Waals surface area contributed by atoms with Gasteiger partial charge in [-0.05, 0) is 27.3 Å². The van der Waals surface area contributed by atoms with Crippen LogP contribution < -0.4 is 5.32 Å². The first kappa shape index (κ1) is 12.5. The lowest BCUT2D eigenvalue weighted by molar-refractivity contribution is -0.136. The van der Waals surface area contributed by atoms with Gasteiger partial charge in [0.25, 0.3) is 0 Å². The third kappa shape index (κ3) is 2.92. The summed E-state index contributed by atoms with van der Waals surface area (Å²) < 4.78 is 5.11. The van der Waals surface area contributed by atoms with E-state index >= 15 is 0 Å². The minimum absolute atomic E-state index is 0.184. The molecule has 4 heteroatoms. The van der Waals surface area contributed by atoms with Gasteiger partial charge in [0, 0.05) is 26.1 Å². The number of likely N-dealkylation sites (tertiary alicyclic amines) is 1. The number of nitrogens with zero attached hydrogens (tertiary/aromatic N) is 1. The number of carbonyl (C=O) groups excluding carboxylic acids is 1. The van der Waals surface area contributed by atoms with E-state index in [1.807, 2.05) is 25.8 Å². The maximum atomic E-state index is 12.1. The van der Waals surface area contributed by atoms with Gasteiger partial charge in [-0.25, -0.2) is 0 Å². The Bertz CT molecular complexity index is 229. The van der Waals surface area contributed by atoms with Crippen LogP contribution in [-0.2, 0) is 9.53 Å². The molecule has 4 nitrogen and oxygen atoms in total. The predicted octanol–water partition coefficient (Wildman–Crippen LogP) is 0.479. The summed E-state index contributed by atoms with van der Waals surface area (Å²) in [6.07, 6.45) is 1.05. The molecule has 1 unspecified atom stereocenters. The Labute approximate surface area is 92.0 Å². The van der Waals surface area contributed by atoms with Crippen LogP contribution >= 0.6 is 0 Å². The van der Waals surface area contributed by atoms with E-state index in [0.29, 0.717) is 5.92 Å². The van der Waals surface area contributed by atoms with Gasteiger partial charge in [0.1, 0.15) is 0 Å². The Morgan fingerprint density at radius 1 is 1.60 bits per heavy atom. The molecular formula is C11H22N2O2. The molecule has 15 heavy (non-hydrogen) atoms. The molecule has 1 atom stereocenters. The van der Waals surface area contributed by atoms with Crippen LogP contribution in [0.25, 0.3) is 0 Å². The van der Waals surface area contributed by atoms with Gasteiger partial charge in [-0.3, -0.25) is 4.79 Å². The molecule has 1 heterocycles. The minimum Gasteiger partial charge on any atom is -0.384 e. The second kappa shape index (κ2) is 4.94. The van der Waals surface area contributed by atoms with Crippen LogP contribution in [-0.4, -0.2) is 50.2 Å². The lowest BCUT2D eigenvalue weighted by atomic mass is 10.0. The third-order valence-corrected chi connectivity index (χ3v) is 3.14. The van der Waals surface area contributed by atoms with Gasteiger partial charge in [0.05, 0.1) is 12.1 Å². The van der Waals surface area contributed by atoms with Gasteiger partial charge in [-0.2, -0.15) is 0 Å². The molecule has 1 amide bonds. The first-order valence-electron chi connectivity index (χ1n) is 5.48. The van der Waals surface area contributed by atoms with E-state index in [1.165, 1.54) is 0 Å². The monoisotopic (exact) mass is 214 g/mol. The highest BCUT2D eigenvalue weighted by Crippen LogP contribution is 2.19. The smallest absolute Gasteiger partial charge is 0.242 e. The van der Waals surface area contributed by atoms with E-state index in [1.54, 1.807) is 7.11 Å². The zero-order valence-electron chi connectivity index (χ0n) is 10.2. The van der Waals surface area contributed by atoms with Crippen molar-refractivity contribution in [3.05, 3.63) is 0 Å². The summed E-state index contributed by atoms with van der Waals surface area (Å²) in [4.78, 5) is 14.0. The number of carbonyl (C=O) groups is 1. The zero-order chi connectivity index (χ0) is 11.5. The van der Waals surface area contributed by atoms with Crippen LogP contribution in [0.4, 0.5) is 0 Å². The number of rotatable bonds is 4. The molecule has 1 fully saturated rings. The maximum Gasteiger partial charge on any atom is 0.242 e. The fraction of sp³-hybridized carbons (Fsp3) is 0.909. The molecule has 1 aliphatic rings. The van der Waals surface area contributed by atoms with Crippen LogP contribution in [0.15, 0.2) is 0 Å². The van der Waals surface area contributed by atoms with E-state index in [2.05, 4.69) is 5.32 Å². The quantitative estimate of drug-likeness (QED) is 0.740. The molecule has 1 aliphatic heterocycles. The molecular weight excluding hydrogens is 192 g/mol. The first-order valence-corrected chi connectivity index (χ1v) is 5.48. The standard InChI is InChI=1S/C11H22N2O2/c1-11(2,12-3)10(14)13-6-5-9(7-13)8-15-4/h9,12H,5-8H2,1-4H3. The van der Waals surface area contributed by atoms with Crippen molar-refractivity contribution in [2.24, 2.45) is 5.92 Å². The van der Waals surface area contributed by atoms with E-state index in [4.69, 9.17) is 4.74 Å². The summed E-state index contributed by atoms with van der Waals surface area (Å²) in [5, 5.41) is 3.04. The molecule has 0 aromatic heterocycles. The Kier molecular flexibility index (Phi) is 4.11. The van der Waals surface area contributed by atoms with Crippen molar-refractivity contribution in [1.29, 1.82) is 0 Å². The maximum absolute atomic E-state index is 12.1. The van der Waals surface area contributed by atoms with E-state index in [0.717, 1.165) is 26.1 Å². The molecule has 0 bridgehead atoms. The molecule has 1 rings (SSSR count). The topological polar surface area (TPSA) is 41.6 Å². The lowest BCUT2D eigenvalue weighted by Crippen LogP contribution is -2.52. The van der Waals surface area contributed by atoms with Gasteiger partial charge in [-0.1, -0.05) is 0 Å². The number of likely N-dealkylation sites (N-methyl/N-ethyl adjacent to an activating group) is 1. The van der Waals surface area contributed by atoms with Crippen LogP contribution in [0.1, 0.15) is 20.3 Å². The van der Waals surface area contributed by atoms with Crippen molar-refractivity contribution in [2.45, 2.75) is 25.8 Å².